The Kier molecular flexibility index (Phi) is 4.22. The summed E-state index contributed by atoms with van der Waals surface area (Å²) in [4.78, 5) is 0. The van der Waals surface area contributed by atoms with Crippen LogP contribution in [0.1, 0.15) is 51.5 Å². The van der Waals surface area contributed by atoms with Crippen molar-refractivity contribution in [2.75, 3.05) is 0 Å². The third-order valence-corrected chi connectivity index (χ3v) is 4.74. The van der Waals surface area contributed by atoms with Crippen LogP contribution in [0.25, 0.3) is 0 Å². The SMILES string of the molecule is CC1(C)CCCC(N)(Cc2ccc(F)cc2Cl)CC1. The zero-order valence-corrected chi connectivity index (χ0v) is 12.6. The Hall–Kier alpha value is -0.600. The van der Waals surface area contributed by atoms with Crippen molar-refractivity contribution in [2.45, 2.75) is 57.9 Å². The summed E-state index contributed by atoms with van der Waals surface area (Å²) < 4.78 is 13.1. The van der Waals surface area contributed by atoms with Crippen molar-refractivity contribution in [3.05, 3.63) is 34.6 Å². The Labute approximate surface area is 120 Å². The molecule has 1 nitrogen and oxygen atoms in total. The van der Waals surface area contributed by atoms with Crippen LogP contribution in [0.2, 0.25) is 5.02 Å². The predicted octanol–water partition coefficient (Wildman–Crippen LogP) is 4.71. The molecule has 1 aliphatic carbocycles. The first-order valence-corrected chi connectivity index (χ1v) is 7.40. The molecule has 1 aromatic carbocycles. The van der Waals surface area contributed by atoms with Crippen molar-refractivity contribution in [1.82, 2.24) is 0 Å². The van der Waals surface area contributed by atoms with Crippen LogP contribution in [0.5, 0.6) is 0 Å². The average Bonchev–Trinajstić information content (AvgIpc) is 2.43. The van der Waals surface area contributed by atoms with Gasteiger partial charge in [-0.1, -0.05) is 37.9 Å². The Morgan fingerprint density at radius 3 is 2.63 bits per heavy atom. The van der Waals surface area contributed by atoms with E-state index in [0.29, 0.717) is 10.4 Å². The summed E-state index contributed by atoms with van der Waals surface area (Å²) in [5, 5.41) is 0.494. The van der Waals surface area contributed by atoms with Gasteiger partial charge in [0.15, 0.2) is 0 Å². The minimum Gasteiger partial charge on any atom is -0.325 e. The smallest absolute Gasteiger partial charge is 0.124 e. The lowest BCUT2D eigenvalue weighted by molar-refractivity contribution is 0.297. The summed E-state index contributed by atoms with van der Waals surface area (Å²) in [7, 11) is 0. The maximum Gasteiger partial charge on any atom is 0.124 e. The van der Waals surface area contributed by atoms with Crippen LogP contribution in [0.4, 0.5) is 4.39 Å². The monoisotopic (exact) mass is 283 g/mol. The van der Waals surface area contributed by atoms with Gasteiger partial charge in [-0.3, -0.25) is 0 Å². The van der Waals surface area contributed by atoms with Gasteiger partial charge in [0.2, 0.25) is 0 Å². The minimum absolute atomic E-state index is 0.199. The number of hydrogen-bond donors (Lipinski definition) is 1. The van der Waals surface area contributed by atoms with Crippen LogP contribution in [0, 0.1) is 11.2 Å². The molecular weight excluding hydrogens is 261 g/mol. The quantitative estimate of drug-likeness (QED) is 0.782. The Bertz CT molecular complexity index is 458. The Morgan fingerprint density at radius 1 is 1.21 bits per heavy atom. The number of rotatable bonds is 2. The first-order chi connectivity index (χ1) is 8.80. The third kappa shape index (κ3) is 3.93. The average molecular weight is 284 g/mol. The summed E-state index contributed by atoms with van der Waals surface area (Å²) >= 11 is 6.11. The normalized spacial score (nSPS) is 27.0. The van der Waals surface area contributed by atoms with Gasteiger partial charge < -0.3 is 5.73 Å². The van der Waals surface area contributed by atoms with E-state index < -0.39 is 0 Å². The molecule has 1 saturated carbocycles. The maximum atomic E-state index is 13.1. The molecule has 2 rings (SSSR count). The van der Waals surface area contributed by atoms with Gasteiger partial charge in [-0.25, -0.2) is 4.39 Å². The fourth-order valence-electron chi connectivity index (χ4n) is 2.98. The molecule has 0 heterocycles. The van der Waals surface area contributed by atoms with Gasteiger partial charge in [-0.15, -0.1) is 0 Å². The van der Waals surface area contributed by atoms with Gasteiger partial charge >= 0.3 is 0 Å². The van der Waals surface area contributed by atoms with Crippen molar-refractivity contribution in [1.29, 1.82) is 0 Å². The Balaban J connectivity index is 2.12. The van der Waals surface area contributed by atoms with E-state index in [1.54, 1.807) is 6.07 Å². The molecule has 1 unspecified atom stereocenters. The molecule has 0 aliphatic heterocycles. The molecule has 0 bridgehead atoms. The molecule has 0 aromatic heterocycles. The van der Waals surface area contributed by atoms with Crippen LogP contribution in [-0.4, -0.2) is 5.54 Å². The van der Waals surface area contributed by atoms with Crippen molar-refractivity contribution in [2.24, 2.45) is 11.1 Å². The van der Waals surface area contributed by atoms with E-state index in [9.17, 15) is 4.39 Å². The summed E-state index contributed by atoms with van der Waals surface area (Å²) in [6, 6.07) is 4.61. The van der Waals surface area contributed by atoms with Gasteiger partial charge in [0, 0.05) is 10.6 Å². The third-order valence-electron chi connectivity index (χ3n) is 4.39. The molecule has 106 valence electrons. The minimum atomic E-state index is -0.290. The Morgan fingerprint density at radius 2 is 1.95 bits per heavy atom. The van der Waals surface area contributed by atoms with E-state index >= 15 is 0 Å². The lowest BCUT2D eigenvalue weighted by Gasteiger charge is -2.29. The number of hydrogen-bond acceptors (Lipinski definition) is 1. The first-order valence-electron chi connectivity index (χ1n) is 7.03. The van der Waals surface area contributed by atoms with Gasteiger partial charge in [-0.2, -0.15) is 0 Å². The van der Waals surface area contributed by atoms with Crippen LogP contribution < -0.4 is 5.73 Å². The molecule has 0 spiro atoms. The summed E-state index contributed by atoms with van der Waals surface area (Å²) in [5.41, 5.74) is 7.71. The lowest BCUT2D eigenvalue weighted by atomic mass is 9.81. The van der Waals surface area contributed by atoms with E-state index in [1.807, 2.05) is 0 Å². The second kappa shape index (κ2) is 5.41. The second-order valence-corrected chi connectivity index (χ2v) is 7.20. The zero-order chi connectivity index (χ0) is 14.1. The van der Waals surface area contributed by atoms with E-state index in [2.05, 4.69) is 13.8 Å². The number of nitrogens with two attached hydrogens (primary N) is 1. The highest BCUT2D eigenvalue weighted by Crippen LogP contribution is 2.38. The molecule has 1 aromatic rings. The molecule has 0 radical (unpaired) electrons. The highest BCUT2D eigenvalue weighted by atomic mass is 35.5. The fraction of sp³-hybridized carbons (Fsp3) is 0.625. The van der Waals surface area contributed by atoms with E-state index in [4.69, 9.17) is 17.3 Å². The molecule has 3 heteroatoms. The molecule has 0 amide bonds. The largest absolute Gasteiger partial charge is 0.325 e. The molecular formula is C16H23ClFN. The van der Waals surface area contributed by atoms with Gasteiger partial charge in [0.25, 0.3) is 0 Å². The van der Waals surface area contributed by atoms with Crippen molar-refractivity contribution in [3.8, 4) is 0 Å². The lowest BCUT2D eigenvalue weighted by Crippen LogP contribution is -2.41. The highest BCUT2D eigenvalue weighted by Gasteiger charge is 2.32. The van der Waals surface area contributed by atoms with Gasteiger partial charge in [0.05, 0.1) is 0 Å². The van der Waals surface area contributed by atoms with Gasteiger partial charge in [0.1, 0.15) is 5.82 Å². The molecule has 1 atom stereocenters. The zero-order valence-electron chi connectivity index (χ0n) is 11.8. The highest BCUT2D eigenvalue weighted by molar-refractivity contribution is 6.31. The maximum absolute atomic E-state index is 13.1. The standard InChI is InChI=1S/C16H23ClFN/c1-15(2)6-3-7-16(19,9-8-15)11-12-4-5-13(18)10-14(12)17/h4-5,10H,3,6-9,11,19H2,1-2H3. The topological polar surface area (TPSA) is 26.0 Å². The van der Waals surface area contributed by atoms with Crippen molar-refractivity contribution in [3.63, 3.8) is 0 Å². The van der Waals surface area contributed by atoms with Crippen molar-refractivity contribution >= 4 is 11.6 Å². The van der Waals surface area contributed by atoms with Crippen LogP contribution >= 0.6 is 11.6 Å². The molecule has 0 saturated heterocycles. The molecule has 1 aliphatic rings. The first kappa shape index (κ1) is 14.8. The van der Waals surface area contributed by atoms with Crippen LogP contribution in [0.3, 0.4) is 0 Å². The number of halogens is 2. The molecule has 2 N–H and O–H groups in total. The van der Waals surface area contributed by atoms with Crippen LogP contribution in [-0.2, 0) is 6.42 Å². The van der Waals surface area contributed by atoms with Crippen molar-refractivity contribution < 1.29 is 4.39 Å². The summed E-state index contributed by atoms with van der Waals surface area (Å²) in [5.74, 6) is -0.290. The van der Waals surface area contributed by atoms with Crippen LogP contribution in [0.15, 0.2) is 18.2 Å². The summed E-state index contributed by atoms with van der Waals surface area (Å²) in [6.07, 6.45) is 6.29. The summed E-state index contributed by atoms with van der Waals surface area (Å²) in [6.45, 7) is 4.62. The van der Waals surface area contributed by atoms with E-state index in [-0.39, 0.29) is 11.4 Å². The molecule has 1 fully saturated rings. The van der Waals surface area contributed by atoms with Gasteiger partial charge in [-0.05, 0) is 55.2 Å². The second-order valence-electron chi connectivity index (χ2n) is 6.79. The van der Waals surface area contributed by atoms with E-state index in [1.165, 1.54) is 18.6 Å². The molecule has 19 heavy (non-hydrogen) atoms. The van der Waals surface area contributed by atoms with E-state index in [0.717, 1.165) is 37.7 Å². The fourth-order valence-corrected chi connectivity index (χ4v) is 3.21. The predicted molar refractivity (Wildman–Crippen MR) is 78.9 cm³/mol. The number of benzene rings is 1.